The molecule has 0 amide bonds. The Kier molecular flexibility index (Phi) is 4.95. The summed E-state index contributed by atoms with van der Waals surface area (Å²) in [6.07, 6.45) is 5.78. The molecule has 0 radical (unpaired) electrons. The van der Waals surface area contributed by atoms with Gasteiger partial charge in [0, 0.05) is 12.0 Å². The molecule has 2 heteroatoms. The molecule has 1 saturated carbocycles. The molecule has 2 fully saturated rings. The Labute approximate surface area is 157 Å². The Morgan fingerprint density at radius 1 is 0.962 bits per heavy atom. The molecule has 26 heavy (non-hydrogen) atoms. The summed E-state index contributed by atoms with van der Waals surface area (Å²) in [7, 11) is 2.09. The summed E-state index contributed by atoms with van der Waals surface area (Å²) in [6.45, 7) is 2.71. The van der Waals surface area contributed by atoms with Gasteiger partial charge in [-0.25, -0.2) is 0 Å². The second-order valence-electron chi connectivity index (χ2n) is 8.25. The van der Waals surface area contributed by atoms with E-state index >= 15 is 0 Å². The van der Waals surface area contributed by atoms with Gasteiger partial charge in [-0.2, -0.15) is 0 Å². The Morgan fingerprint density at radius 2 is 1.62 bits per heavy atom. The molecule has 4 rings (SSSR count). The minimum atomic E-state index is 0.136. The summed E-state index contributed by atoms with van der Waals surface area (Å²) in [5.41, 5.74) is 5.45. The van der Waals surface area contributed by atoms with Gasteiger partial charge >= 0.3 is 0 Å². The first kappa shape index (κ1) is 17.5. The van der Waals surface area contributed by atoms with Gasteiger partial charge in [0.15, 0.2) is 5.78 Å². The third-order valence-electron chi connectivity index (χ3n) is 6.10. The van der Waals surface area contributed by atoms with Crippen molar-refractivity contribution >= 4 is 5.78 Å². The van der Waals surface area contributed by atoms with Crippen LogP contribution in [0.15, 0.2) is 48.5 Å². The highest BCUT2D eigenvalue weighted by Crippen LogP contribution is 2.42. The van der Waals surface area contributed by atoms with E-state index in [0.717, 1.165) is 25.2 Å². The third kappa shape index (κ3) is 3.76. The predicted molar refractivity (Wildman–Crippen MR) is 106 cm³/mol. The van der Waals surface area contributed by atoms with Crippen molar-refractivity contribution in [1.29, 1.82) is 0 Å². The normalized spacial score (nSPS) is 23.5. The molecular formula is C24H29NO. The lowest BCUT2D eigenvalue weighted by Gasteiger charge is -2.24. The molecule has 2 aromatic carbocycles. The maximum atomic E-state index is 12.6. The molecule has 0 aromatic heterocycles. The van der Waals surface area contributed by atoms with E-state index in [2.05, 4.69) is 67.4 Å². The molecule has 2 atom stereocenters. The smallest absolute Gasteiger partial charge is 0.151 e. The molecule has 0 spiro atoms. The van der Waals surface area contributed by atoms with E-state index in [0.29, 0.717) is 12.3 Å². The van der Waals surface area contributed by atoms with Gasteiger partial charge in [-0.1, -0.05) is 54.1 Å². The summed E-state index contributed by atoms with van der Waals surface area (Å²) in [4.78, 5) is 14.8. The summed E-state index contributed by atoms with van der Waals surface area (Å²) >= 11 is 0. The molecule has 0 N–H and O–H groups in total. The molecule has 2 unspecified atom stereocenters. The maximum Gasteiger partial charge on any atom is 0.151 e. The third-order valence-corrected chi connectivity index (χ3v) is 6.10. The highest BCUT2D eigenvalue weighted by atomic mass is 16.1. The number of hydrogen-bond donors (Lipinski definition) is 0. The monoisotopic (exact) mass is 347 g/mol. The molecule has 1 saturated heterocycles. The second kappa shape index (κ2) is 7.36. The molecule has 136 valence electrons. The fourth-order valence-corrected chi connectivity index (χ4v) is 4.41. The van der Waals surface area contributed by atoms with Crippen LogP contribution in [-0.4, -0.2) is 24.3 Å². The second-order valence-corrected chi connectivity index (χ2v) is 8.25. The van der Waals surface area contributed by atoms with E-state index in [1.165, 1.54) is 35.1 Å². The number of aryl methyl sites for hydroxylation is 2. The average molecular weight is 348 g/mol. The highest BCUT2D eigenvalue weighted by molar-refractivity contribution is 5.86. The number of likely N-dealkylation sites (tertiary alicyclic amines) is 1. The number of rotatable bonds is 6. The SMILES string of the molecule is Cc1ccc(CCCC2C(=O)CN(C)C2c2ccc(C3CC3)cc2)cc1. The first-order valence-electron chi connectivity index (χ1n) is 10.00. The number of nitrogens with zero attached hydrogens (tertiary/aromatic N) is 1. The highest BCUT2D eigenvalue weighted by Gasteiger charge is 2.39. The van der Waals surface area contributed by atoms with Crippen LogP contribution in [0, 0.1) is 12.8 Å². The Bertz CT molecular complexity index is 758. The van der Waals surface area contributed by atoms with Crippen LogP contribution >= 0.6 is 0 Å². The molecular weight excluding hydrogens is 318 g/mol. The van der Waals surface area contributed by atoms with Crippen LogP contribution in [0.25, 0.3) is 0 Å². The summed E-state index contributed by atoms with van der Waals surface area (Å²) in [5.74, 6) is 1.34. The number of carbonyl (C=O) groups excluding carboxylic acids is 1. The van der Waals surface area contributed by atoms with E-state index in [4.69, 9.17) is 0 Å². The van der Waals surface area contributed by atoms with Crippen molar-refractivity contribution in [1.82, 2.24) is 4.90 Å². The number of likely N-dealkylation sites (N-methyl/N-ethyl adjacent to an activating group) is 1. The minimum Gasteiger partial charge on any atom is -0.298 e. The summed E-state index contributed by atoms with van der Waals surface area (Å²) in [5, 5.41) is 0. The van der Waals surface area contributed by atoms with Crippen molar-refractivity contribution in [2.75, 3.05) is 13.6 Å². The van der Waals surface area contributed by atoms with Gasteiger partial charge in [0.05, 0.1) is 6.54 Å². The van der Waals surface area contributed by atoms with Gasteiger partial charge in [0.2, 0.25) is 0 Å². The fraction of sp³-hybridized carbons (Fsp3) is 0.458. The lowest BCUT2D eigenvalue weighted by molar-refractivity contribution is -0.120. The zero-order valence-electron chi connectivity index (χ0n) is 15.9. The van der Waals surface area contributed by atoms with Crippen LogP contribution in [0.3, 0.4) is 0 Å². The number of hydrogen-bond acceptors (Lipinski definition) is 2. The maximum absolute atomic E-state index is 12.6. The van der Waals surface area contributed by atoms with Gasteiger partial charge in [0.25, 0.3) is 0 Å². The molecule has 1 aliphatic carbocycles. The van der Waals surface area contributed by atoms with Crippen LogP contribution < -0.4 is 0 Å². The van der Waals surface area contributed by atoms with E-state index < -0.39 is 0 Å². The molecule has 2 aromatic rings. The van der Waals surface area contributed by atoms with Crippen molar-refractivity contribution in [2.24, 2.45) is 5.92 Å². The van der Waals surface area contributed by atoms with Crippen molar-refractivity contribution < 1.29 is 4.79 Å². The zero-order chi connectivity index (χ0) is 18.1. The Balaban J connectivity index is 1.42. The lowest BCUT2D eigenvalue weighted by atomic mass is 9.87. The van der Waals surface area contributed by atoms with Crippen LogP contribution in [0.4, 0.5) is 0 Å². The van der Waals surface area contributed by atoms with Gasteiger partial charge in [-0.3, -0.25) is 9.69 Å². The van der Waals surface area contributed by atoms with Crippen molar-refractivity contribution in [2.45, 2.75) is 51.0 Å². The predicted octanol–water partition coefficient (Wildman–Crippen LogP) is 5.07. The van der Waals surface area contributed by atoms with Gasteiger partial charge in [0.1, 0.15) is 0 Å². The topological polar surface area (TPSA) is 20.3 Å². The Hall–Kier alpha value is -1.93. The van der Waals surface area contributed by atoms with Gasteiger partial charge in [-0.05, 0) is 68.7 Å². The van der Waals surface area contributed by atoms with E-state index in [-0.39, 0.29) is 12.0 Å². The van der Waals surface area contributed by atoms with Crippen LogP contribution in [0.1, 0.15) is 59.9 Å². The largest absolute Gasteiger partial charge is 0.298 e. The number of ketones is 1. The molecule has 2 nitrogen and oxygen atoms in total. The molecule has 1 heterocycles. The van der Waals surface area contributed by atoms with E-state index in [9.17, 15) is 4.79 Å². The van der Waals surface area contributed by atoms with Crippen LogP contribution in [-0.2, 0) is 11.2 Å². The molecule has 0 bridgehead atoms. The molecule has 2 aliphatic rings. The first-order valence-corrected chi connectivity index (χ1v) is 10.00. The quantitative estimate of drug-likeness (QED) is 0.727. The summed E-state index contributed by atoms with van der Waals surface area (Å²) < 4.78 is 0. The Morgan fingerprint density at radius 3 is 2.27 bits per heavy atom. The van der Waals surface area contributed by atoms with Crippen molar-refractivity contribution in [3.63, 3.8) is 0 Å². The van der Waals surface area contributed by atoms with E-state index in [1.54, 1.807) is 0 Å². The van der Waals surface area contributed by atoms with Crippen molar-refractivity contribution in [3.8, 4) is 0 Å². The van der Waals surface area contributed by atoms with Gasteiger partial charge < -0.3 is 0 Å². The number of benzene rings is 2. The van der Waals surface area contributed by atoms with Crippen molar-refractivity contribution in [3.05, 3.63) is 70.8 Å². The van der Waals surface area contributed by atoms with E-state index in [1.807, 2.05) is 0 Å². The van der Waals surface area contributed by atoms with Crippen LogP contribution in [0.5, 0.6) is 0 Å². The number of carbonyl (C=O) groups is 1. The number of Topliss-reactive ketones (excluding diaryl/α,β-unsaturated/α-hetero) is 1. The summed E-state index contributed by atoms with van der Waals surface area (Å²) in [6, 6.07) is 18.1. The lowest BCUT2D eigenvalue weighted by Crippen LogP contribution is -2.21. The standard InChI is InChI=1S/C24H29NO/c1-17-6-8-18(9-7-17)4-3-5-22-23(26)16-25(2)24(22)21-14-12-20(13-15-21)19-10-11-19/h6-9,12-15,19,22,24H,3-5,10-11,16H2,1-2H3. The fourth-order valence-electron chi connectivity index (χ4n) is 4.41. The average Bonchev–Trinajstić information content (AvgIpc) is 3.44. The van der Waals surface area contributed by atoms with Crippen LogP contribution in [0.2, 0.25) is 0 Å². The first-order chi connectivity index (χ1) is 12.6. The zero-order valence-corrected chi connectivity index (χ0v) is 15.9. The van der Waals surface area contributed by atoms with Gasteiger partial charge in [-0.15, -0.1) is 0 Å². The molecule has 1 aliphatic heterocycles. The minimum absolute atomic E-state index is 0.136.